The van der Waals surface area contributed by atoms with Gasteiger partial charge in [-0.3, -0.25) is 4.98 Å². The first-order valence-electron chi connectivity index (χ1n) is 9.63. The molecule has 0 fully saturated rings. The molecule has 8 heteroatoms. The lowest BCUT2D eigenvalue weighted by molar-refractivity contribution is 0.394. The first kappa shape index (κ1) is 20.7. The molecule has 31 heavy (non-hydrogen) atoms. The zero-order chi connectivity index (χ0) is 22.0. The van der Waals surface area contributed by atoms with Crippen molar-refractivity contribution in [1.82, 2.24) is 8.96 Å². The maximum atomic E-state index is 13.3. The predicted molar refractivity (Wildman–Crippen MR) is 120 cm³/mol. The number of aromatic nitrogens is 2. The van der Waals surface area contributed by atoms with E-state index in [-0.39, 0.29) is 4.90 Å². The number of benzene rings is 2. The van der Waals surface area contributed by atoms with Crippen molar-refractivity contribution in [2.24, 2.45) is 0 Å². The van der Waals surface area contributed by atoms with E-state index >= 15 is 0 Å². The molecule has 7 nitrogen and oxygen atoms in total. The average molecular weight is 438 g/mol. The molecule has 0 saturated carbocycles. The summed E-state index contributed by atoms with van der Waals surface area (Å²) in [4.78, 5) is 6.13. The highest BCUT2D eigenvalue weighted by Crippen LogP contribution is 2.31. The molecule has 4 aromatic rings. The van der Waals surface area contributed by atoms with Crippen molar-refractivity contribution in [3.8, 4) is 11.5 Å². The number of hydrogen-bond acceptors (Lipinski definition) is 6. The molecular weight excluding hydrogens is 414 g/mol. The number of hydrogen-bond donors (Lipinski definition) is 0. The summed E-state index contributed by atoms with van der Waals surface area (Å²) in [5.41, 5.74) is 2.40. The van der Waals surface area contributed by atoms with E-state index in [4.69, 9.17) is 9.47 Å². The molecule has 2 aromatic carbocycles. The largest absolute Gasteiger partial charge is 0.497 e. The van der Waals surface area contributed by atoms with Gasteiger partial charge in [0.15, 0.2) is 0 Å². The van der Waals surface area contributed by atoms with E-state index < -0.39 is 10.0 Å². The van der Waals surface area contributed by atoms with Crippen molar-refractivity contribution in [1.29, 1.82) is 0 Å². The maximum Gasteiger partial charge on any atom is 0.269 e. The van der Waals surface area contributed by atoms with Crippen LogP contribution in [0.2, 0.25) is 0 Å². The SMILES string of the molecule is COc1cc(OC)cc(N(C)Cc2cn(S(=O)(=O)c3cccnc3)c3ccccc23)c1. The van der Waals surface area contributed by atoms with E-state index in [1.807, 2.05) is 48.3 Å². The van der Waals surface area contributed by atoms with Crippen LogP contribution in [-0.2, 0) is 16.6 Å². The molecule has 0 N–H and O–H groups in total. The topological polar surface area (TPSA) is 73.7 Å². The first-order chi connectivity index (χ1) is 14.9. The highest BCUT2D eigenvalue weighted by molar-refractivity contribution is 7.90. The van der Waals surface area contributed by atoms with Crippen LogP contribution in [0.15, 0.2) is 78.1 Å². The highest BCUT2D eigenvalue weighted by Gasteiger charge is 2.22. The quantitative estimate of drug-likeness (QED) is 0.436. The average Bonchev–Trinajstić information content (AvgIpc) is 3.18. The first-order valence-corrected chi connectivity index (χ1v) is 11.1. The van der Waals surface area contributed by atoms with Crippen LogP contribution < -0.4 is 14.4 Å². The summed E-state index contributed by atoms with van der Waals surface area (Å²) in [5.74, 6) is 1.37. The van der Waals surface area contributed by atoms with Crippen LogP contribution in [-0.4, -0.2) is 38.6 Å². The van der Waals surface area contributed by atoms with E-state index in [1.54, 1.807) is 44.8 Å². The molecule has 160 valence electrons. The number of pyridine rings is 1. The summed E-state index contributed by atoms with van der Waals surface area (Å²) in [6.45, 7) is 0.492. The third-order valence-corrected chi connectivity index (χ3v) is 6.79. The molecule has 0 aliphatic rings. The fraction of sp³-hybridized carbons (Fsp3) is 0.174. The van der Waals surface area contributed by atoms with Gasteiger partial charge in [0.25, 0.3) is 10.0 Å². The monoisotopic (exact) mass is 437 g/mol. The Balaban J connectivity index is 1.76. The number of methoxy groups -OCH3 is 2. The van der Waals surface area contributed by atoms with Gasteiger partial charge < -0.3 is 14.4 Å². The van der Waals surface area contributed by atoms with Crippen molar-refractivity contribution in [2.75, 3.05) is 26.2 Å². The molecule has 0 atom stereocenters. The smallest absolute Gasteiger partial charge is 0.269 e. The van der Waals surface area contributed by atoms with E-state index in [9.17, 15) is 8.42 Å². The Labute approximate surface area is 181 Å². The second-order valence-electron chi connectivity index (χ2n) is 7.09. The Bertz CT molecular complexity index is 1300. The minimum absolute atomic E-state index is 0.146. The summed E-state index contributed by atoms with van der Waals surface area (Å²) in [7, 11) is 1.38. The van der Waals surface area contributed by atoms with Crippen molar-refractivity contribution in [3.63, 3.8) is 0 Å². The van der Waals surface area contributed by atoms with Crippen molar-refractivity contribution >= 4 is 26.6 Å². The van der Waals surface area contributed by atoms with Gasteiger partial charge in [0.05, 0.1) is 19.7 Å². The van der Waals surface area contributed by atoms with Crippen LogP contribution in [0.5, 0.6) is 11.5 Å². The normalized spacial score (nSPS) is 11.5. The van der Waals surface area contributed by atoms with Gasteiger partial charge in [-0.1, -0.05) is 18.2 Å². The summed E-state index contributed by atoms with van der Waals surface area (Å²) >= 11 is 0. The molecule has 0 aliphatic heterocycles. The van der Waals surface area contributed by atoms with E-state index in [0.29, 0.717) is 23.6 Å². The zero-order valence-electron chi connectivity index (χ0n) is 17.5. The molecule has 0 aliphatic carbocycles. The Morgan fingerprint density at radius 2 is 1.71 bits per heavy atom. The molecule has 4 rings (SSSR count). The maximum absolute atomic E-state index is 13.3. The number of anilines is 1. The van der Waals surface area contributed by atoms with Crippen LogP contribution in [0.3, 0.4) is 0 Å². The number of rotatable bonds is 7. The molecule has 0 bridgehead atoms. The fourth-order valence-corrected chi connectivity index (χ4v) is 4.87. The third kappa shape index (κ3) is 3.94. The van der Waals surface area contributed by atoms with Crippen molar-refractivity contribution in [2.45, 2.75) is 11.4 Å². The van der Waals surface area contributed by atoms with Gasteiger partial charge in [0.1, 0.15) is 16.4 Å². The Morgan fingerprint density at radius 1 is 1.00 bits per heavy atom. The second kappa shape index (κ2) is 8.31. The summed E-state index contributed by atoms with van der Waals surface area (Å²) in [5, 5.41) is 0.872. The van der Waals surface area contributed by atoms with Crippen LogP contribution in [0, 0.1) is 0 Å². The Hall–Kier alpha value is -3.52. The third-order valence-electron chi connectivity index (χ3n) is 5.14. The van der Waals surface area contributed by atoms with Crippen molar-refractivity contribution in [3.05, 3.63) is 78.8 Å². The lowest BCUT2D eigenvalue weighted by Gasteiger charge is -2.20. The van der Waals surface area contributed by atoms with Gasteiger partial charge in [0, 0.05) is 61.5 Å². The van der Waals surface area contributed by atoms with Gasteiger partial charge in [-0.25, -0.2) is 12.4 Å². The molecule has 2 heterocycles. The molecular formula is C23H23N3O4S. The van der Waals surface area contributed by atoms with Gasteiger partial charge in [-0.05, 0) is 23.8 Å². The molecule has 0 radical (unpaired) electrons. The summed E-state index contributed by atoms with van der Waals surface area (Å²) in [6.07, 6.45) is 4.59. The predicted octanol–water partition coefficient (Wildman–Crippen LogP) is 3.93. The van der Waals surface area contributed by atoms with Crippen LogP contribution in [0.25, 0.3) is 10.9 Å². The molecule has 2 aromatic heterocycles. The van der Waals surface area contributed by atoms with Crippen LogP contribution >= 0.6 is 0 Å². The van der Waals surface area contributed by atoms with E-state index in [1.165, 1.54) is 10.2 Å². The minimum Gasteiger partial charge on any atom is -0.497 e. The van der Waals surface area contributed by atoms with Gasteiger partial charge >= 0.3 is 0 Å². The number of fused-ring (bicyclic) bond motifs is 1. The van der Waals surface area contributed by atoms with Gasteiger partial charge in [0.2, 0.25) is 0 Å². The molecule has 0 spiro atoms. The van der Waals surface area contributed by atoms with Crippen molar-refractivity contribution < 1.29 is 17.9 Å². The highest BCUT2D eigenvalue weighted by atomic mass is 32.2. The Morgan fingerprint density at radius 3 is 2.35 bits per heavy atom. The van der Waals surface area contributed by atoms with Crippen LogP contribution in [0.4, 0.5) is 5.69 Å². The zero-order valence-corrected chi connectivity index (χ0v) is 18.3. The second-order valence-corrected chi connectivity index (χ2v) is 8.90. The lowest BCUT2D eigenvalue weighted by atomic mass is 10.1. The number of nitrogens with zero attached hydrogens (tertiary/aromatic N) is 3. The lowest BCUT2D eigenvalue weighted by Crippen LogP contribution is -2.16. The standard InChI is InChI=1S/C23H23N3O4S/c1-25(18-11-19(29-2)13-20(12-18)30-3)15-17-16-26(23-9-5-4-8-22(17)23)31(27,28)21-7-6-10-24-14-21/h4-14,16H,15H2,1-3H3. The summed E-state index contributed by atoms with van der Waals surface area (Å²) < 4.78 is 38.6. The molecule has 0 unspecified atom stereocenters. The summed E-state index contributed by atoms with van der Waals surface area (Å²) in [6, 6.07) is 16.3. The van der Waals surface area contributed by atoms with Crippen LogP contribution in [0.1, 0.15) is 5.56 Å². The van der Waals surface area contributed by atoms with E-state index in [0.717, 1.165) is 16.6 Å². The van der Waals surface area contributed by atoms with E-state index in [2.05, 4.69) is 4.98 Å². The minimum atomic E-state index is -3.77. The fourth-order valence-electron chi connectivity index (χ4n) is 3.52. The molecule has 0 amide bonds. The Kier molecular flexibility index (Phi) is 5.56. The van der Waals surface area contributed by atoms with Gasteiger partial charge in [-0.15, -0.1) is 0 Å². The number of para-hydroxylation sites is 1. The molecule has 0 saturated heterocycles. The van der Waals surface area contributed by atoms with Gasteiger partial charge in [-0.2, -0.15) is 0 Å². The number of ether oxygens (including phenoxy) is 2.